The van der Waals surface area contributed by atoms with Crippen LogP contribution in [0.1, 0.15) is 28.1 Å². The number of carboxylic acid groups (broad SMARTS) is 1. The molecule has 0 aliphatic rings. The molecule has 1 atom stereocenters. The second kappa shape index (κ2) is 9.00. The number of thiophene rings is 1. The molecule has 0 aliphatic heterocycles. The van der Waals surface area contributed by atoms with E-state index in [0.717, 1.165) is 21.8 Å². The summed E-state index contributed by atoms with van der Waals surface area (Å²) in [5.41, 5.74) is 0.780. The molecule has 2 aromatic rings. The van der Waals surface area contributed by atoms with Gasteiger partial charge < -0.3 is 19.8 Å². The number of likely N-dealkylation sites (N-methyl/N-ethyl adjacent to an activating group) is 1. The van der Waals surface area contributed by atoms with Crippen LogP contribution in [0.15, 0.2) is 41.8 Å². The van der Waals surface area contributed by atoms with Gasteiger partial charge in [0.2, 0.25) is 0 Å². The van der Waals surface area contributed by atoms with Crippen molar-refractivity contribution in [2.45, 2.75) is 25.5 Å². The molecule has 0 unspecified atom stereocenters. The number of aromatic hydroxyl groups is 1. The van der Waals surface area contributed by atoms with E-state index in [1.54, 1.807) is 29.6 Å². The number of benzene rings is 1. The Hall–Kier alpha value is -2.87. The van der Waals surface area contributed by atoms with Gasteiger partial charge >= 0.3 is 11.9 Å². The van der Waals surface area contributed by atoms with Crippen molar-refractivity contribution >= 4 is 29.2 Å². The summed E-state index contributed by atoms with van der Waals surface area (Å²) in [5.74, 6) is -2.52. The third-order valence-corrected chi connectivity index (χ3v) is 4.65. The van der Waals surface area contributed by atoms with Crippen LogP contribution in [-0.4, -0.2) is 46.0 Å². The fourth-order valence-electron chi connectivity index (χ4n) is 2.32. The largest absolute Gasteiger partial charge is 0.506 e. The lowest BCUT2D eigenvalue weighted by molar-refractivity contribution is -0.150. The molecule has 1 aromatic heterocycles. The topological polar surface area (TPSA) is 104 Å². The molecule has 26 heavy (non-hydrogen) atoms. The van der Waals surface area contributed by atoms with Crippen LogP contribution >= 0.6 is 11.3 Å². The van der Waals surface area contributed by atoms with Gasteiger partial charge in [0.05, 0.1) is 0 Å². The average Bonchev–Trinajstić information content (AvgIpc) is 3.05. The van der Waals surface area contributed by atoms with E-state index in [-0.39, 0.29) is 30.1 Å². The van der Waals surface area contributed by atoms with Crippen LogP contribution in [0.2, 0.25) is 0 Å². The number of hydrogen-bond acceptors (Lipinski definition) is 6. The fraction of sp³-hybridized carbons (Fsp3) is 0.278. The van der Waals surface area contributed by atoms with Crippen LogP contribution in [0.4, 0.5) is 0 Å². The van der Waals surface area contributed by atoms with Gasteiger partial charge in [-0.3, -0.25) is 9.59 Å². The molecule has 0 fully saturated rings. The van der Waals surface area contributed by atoms with E-state index >= 15 is 0 Å². The molecule has 0 aliphatic carbocycles. The lowest BCUT2D eigenvalue weighted by Crippen LogP contribution is -2.43. The molecule has 2 rings (SSSR count). The zero-order valence-corrected chi connectivity index (χ0v) is 14.9. The summed E-state index contributed by atoms with van der Waals surface area (Å²) in [6, 6.07) is 9.34. The average molecular weight is 377 g/mol. The number of carboxylic acids is 1. The quantitative estimate of drug-likeness (QED) is 0.685. The number of ether oxygens (including phenoxy) is 1. The Morgan fingerprint density at radius 1 is 1.19 bits per heavy atom. The van der Waals surface area contributed by atoms with Crippen LogP contribution in [0.3, 0.4) is 0 Å². The predicted molar refractivity (Wildman–Crippen MR) is 95.0 cm³/mol. The zero-order valence-electron chi connectivity index (χ0n) is 14.1. The summed E-state index contributed by atoms with van der Waals surface area (Å²) in [7, 11) is 1.39. The van der Waals surface area contributed by atoms with E-state index in [4.69, 9.17) is 9.84 Å². The molecule has 8 heteroatoms. The highest BCUT2D eigenvalue weighted by Crippen LogP contribution is 2.25. The number of hydrogen-bond donors (Lipinski definition) is 2. The van der Waals surface area contributed by atoms with Crippen molar-refractivity contribution in [3.63, 3.8) is 0 Å². The summed E-state index contributed by atoms with van der Waals surface area (Å²) in [4.78, 5) is 37.1. The maximum absolute atomic E-state index is 12.5. The summed E-state index contributed by atoms with van der Waals surface area (Å²) in [5, 5.41) is 20.2. The van der Waals surface area contributed by atoms with Crippen LogP contribution in [-0.2, 0) is 20.9 Å². The normalized spacial score (nSPS) is 11.6. The summed E-state index contributed by atoms with van der Waals surface area (Å²) in [6.45, 7) is 0.0233. The Labute approximate surface area is 154 Å². The first-order chi connectivity index (χ1) is 12.4. The Balaban J connectivity index is 2.10. The van der Waals surface area contributed by atoms with Gasteiger partial charge in [0.1, 0.15) is 23.3 Å². The molecule has 7 nitrogen and oxygen atoms in total. The first-order valence-corrected chi connectivity index (χ1v) is 8.74. The van der Waals surface area contributed by atoms with Crippen molar-refractivity contribution in [3.8, 4) is 5.75 Å². The monoisotopic (exact) mass is 377 g/mol. The number of rotatable bonds is 8. The van der Waals surface area contributed by atoms with Crippen molar-refractivity contribution in [1.29, 1.82) is 0 Å². The lowest BCUT2D eigenvalue weighted by Gasteiger charge is -2.26. The minimum absolute atomic E-state index is 0.0233. The minimum atomic E-state index is -1.08. The molecular formula is C18H19NO6S. The highest BCUT2D eigenvalue weighted by atomic mass is 32.1. The number of esters is 1. The van der Waals surface area contributed by atoms with Gasteiger partial charge in [-0.05, 0) is 23.4 Å². The summed E-state index contributed by atoms with van der Waals surface area (Å²) in [6.07, 6.45) is -0.378. The minimum Gasteiger partial charge on any atom is -0.506 e. The Kier molecular flexibility index (Phi) is 6.74. The van der Waals surface area contributed by atoms with E-state index < -0.39 is 23.9 Å². The van der Waals surface area contributed by atoms with Gasteiger partial charge in [0.25, 0.3) is 5.91 Å². The standard InChI is InChI=1S/C18H19NO6S/c1-19(17(23)16-14(20)9-10-26-16)13(7-8-15(21)22)18(24)25-11-12-5-3-2-4-6-12/h2-6,9-10,13,20H,7-8,11H2,1H3,(H,21,22)/t13-/m0/s1. The summed E-state index contributed by atoms with van der Waals surface area (Å²) >= 11 is 1.04. The highest BCUT2D eigenvalue weighted by Gasteiger charge is 2.31. The second-order valence-electron chi connectivity index (χ2n) is 5.59. The fourth-order valence-corrected chi connectivity index (χ4v) is 3.09. The van der Waals surface area contributed by atoms with E-state index in [1.807, 2.05) is 6.07 Å². The number of carbonyl (C=O) groups is 3. The van der Waals surface area contributed by atoms with Gasteiger partial charge in [-0.15, -0.1) is 11.3 Å². The first-order valence-electron chi connectivity index (χ1n) is 7.86. The van der Waals surface area contributed by atoms with E-state index in [0.29, 0.717) is 0 Å². The van der Waals surface area contributed by atoms with E-state index in [2.05, 4.69) is 0 Å². The first kappa shape index (κ1) is 19.5. The third kappa shape index (κ3) is 5.06. The number of nitrogens with zero attached hydrogens (tertiary/aromatic N) is 1. The maximum atomic E-state index is 12.5. The smallest absolute Gasteiger partial charge is 0.329 e. The molecule has 2 N–H and O–H groups in total. The Bertz CT molecular complexity index is 773. The summed E-state index contributed by atoms with van der Waals surface area (Å²) < 4.78 is 5.26. The molecular weight excluding hydrogens is 358 g/mol. The van der Waals surface area contributed by atoms with Crippen molar-refractivity contribution in [2.24, 2.45) is 0 Å². The van der Waals surface area contributed by atoms with Crippen LogP contribution in [0, 0.1) is 0 Å². The molecule has 0 saturated heterocycles. The second-order valence-corrected chi connectivity index (χ2v) is 6.51. The number of aliphatic carboxylic acids is 1. The van der Waals surface area contributed by atoms with Crippen LogP contribution in [0.5, 0.6) is 5.75 Å². The Morgan fingerprint density at radius 2 is 1.88 bits per heavy atom. The number of amides is 1. The van der Waals surface area contributed by atoms with Gasteiger partial charge in [0.15, 0.2) is 0 Å². The van der Waals surface area contributed by atoms with E-state index in [1.165, 1.54) is 13.1 Å². The predicted octanol–water partition coefficient (Wildman–Crippen LogP) is 2.50. The zero-order chi connectivity index (χ0) is 19.1. The van der Waals surface area contributed by atoms with Gasteiger partial charge in [-0.1, -0.05) is 30.3 Å². The molecule has 0 saturated carbocycles. The molecule has 1 aromatic carbocycles. The third-order valence-electron chi connectivity index (χ3n) is 3.75. The molecule has 1 heterocycles. The molecule has 1 amide bonds. The van der Waals surface area contributed by atoms with E-state index in [9.17, 15) is 19.5 Å². The molecule has 0 bridgehead atoms. The van der Waals surface area contributed by atoms with Gasteiger partial charge in [0, 0.05) is 13.5 Å². The van der Waals surface area contributed by atoms with Gasteiger partial charge in [-0.2, -0.15) is 0 Å². The van der Waals surface area contributed by atoms with Crippen molar-refractivity contribution in [3.05, 3.63) is 52.2 Å². The maximum Gasteiger partial charge on any atom is 0.329 e. The lowest BCUT2D eigenvalue weighted by atomic mass is 10.1. The van der Waals surface area contributed by atoms with Crippen molar-refractivity contribution < 1.29 is 29.3 Å². The highest BCUT2D eigenvalue weighted by molar-refractivity contribution is 7.12. The molecule has 138 valence electrons. The van der Waals surface area contributed by atoms with Crippen molar-refractivity contribution in [1.82, 2.24) is 4.90 Å². The molecule has 0 radical (unpaired) electrons. The molecule has 0 spiro atoms. The van der Waals surface area contributed by atoms with Crippen molar-refractivity contribution in [2.75, 3.05) is 7.05 Å². The van der Waals surface area contributed by atoms with Crippen LogP contribution < -0.4 is 0 Å². The van der Waals surface area contributed by atoms with Crippen LogP contribution in [0.25, 0.3) is 0 Å². The van der Waals surface area contributed by atoms with Gasteiger partial charge in [-0.25, -0.2) is 4.79 Å². The SMILES string of the molecule is CN(C(=O)c1sccc1O)[C@@H](CCC(=O)O)C(=O)OCc1ccccc1. The number of carbonyl (C=O) groups excluding carboxylic acids is 2. The Morgan fingerprint density at radius 3 is 2.46 bits per heavy atom.